The third-order valence-electron chi connectivity index (χ3n) is 7.11. The van der Waals surface area contributed by atoms with Crippen molar-refractivity contribution >= 4 is 35.0 Å². The number of piperidine rings is 1. The number of anilines is 2. The molecular formula is C23H31ClN6O2S. The summed E-state index contributed by atoms with van der Waals surface area (Å²) in [5.41, 5.74) is 7.90. The van der Waals surface area contributed by atoms with Crippen LogP contribution >= 0.6 is 23.4 Å². The van der Waals surface area contributed by atoms with E-state index in [-0.39, 0.29) is 24.2 Å². The van der Waals surface area contributed by atoms with Crippen LogP contribution in [-0.2, 0) is 11.3 Å². The fourth-order valence-corrected chi connectivity index (χ4v) is 5.90. The molecule has 5 rings (SSSR count). The lowest BCUT2D eigenvalue weighted by molar-refractivity contribution is 0.0973. The summed E-state index contributed by atoms with van der Waals surface area (Å²) in [4.78, 5) is 17.1. The lowest BCUT2D eigenvalue weighted by Crippen LogP contribution is -2.51. The van der Waals surface area contributed by atoms with Gasteiger partial charge in [-0.15, -0.1) is 0 Å². The van der Waals surface area contributed by atoms with E-state index < -0.39 is 0 Å². The van der Waals surface area contributed by atoms with Crippen LogP contribution in [0.3, 0.4) is 0 Å². The molecule has 0 amide bonds. The highest BCUT2D eigenvalue weighted by molar-refractivity contribution is 7.99. The number of aliphatic hydroxyl groups excluding tert-OH is 1. The largest absolute Gasteiger partial charge is 0.390 e. The van der Waals surface area contributed by atoms with Gasteiger partial charge in [-0.05, 0) is 45.6 Å². The van der Waals surface area contributed by atoms with Crippen LogP contribution in [0.5, 0.6) is 0 Å². The summed E-state index contributed by atoms with van der Waals surface area (Å²) in [6.45, 7) is 6.21. The lowest BCUT2D eigenvalue weighted by Gasteiger charge is -2.42. The van der Waals surface area contributed by atoms with Gasteiger partial charge in [-0.1, -0.05) is 23.4 Å². The molecule has 2 aromatic rings. The van der Waals surface area contributed by atoms with Crippen LogP contribution in [0, 0.1) is 12.3 Å². The van der Waals surface area contributed by atoms with Gasteiger partial charge in [0, 0.05) is 41.7 Å². The normalized spacial score (nSPS) is 24.5. The molecular weight excluding hydrogens is 460 g/mol. The number of rotatable bonds is 6. The van der Waals surface area contributed by atoms with E-state index in [0.29, 0.717) is 22.6 Å². The van der Waals surface area contributed by atoms with Gasteiger partial charge in [0.25, 0.3) is 0 Å². The van der Waals surface area contributed by atoms with E-state index in [1.165, 1.54) is 11.8 Å². The van der Waals surface area contributed by atoms with Crippen LogP contribution in [0.2, 0.25) is 5.02 Å². The first-order chi connectivity index (χ1) is 15.9. The Balaban J connectivity index is 1.34. The van der Waals surface area contributed by atoms with Gasteiger partial charge in [0.1, 0.15) is 16.5 Å². The van der Waals surface area contributed by atoms with E-state index in [1.54, 1.807) is 6.20 Å². The molecule has 3 aliphatic rings. The van der Waals surface area contributed by atoms with Gasteiger partial charge in [0.2, 0.25) is 0 Å². The minimum absolute atomic E-state index is 0.0395. The zero-order valence-corrected chi connectivity index (χ0v) is 20.6. The summed E-state index contributed by atoms with van der Waals surface area (Å²) in [6.07, 6.45) is 6.05. The first kappa shape index (κ1) is 23.1. The van der Waals surface area contributed by atoms with E-state index in [9.17, 15) is 5.11 Å². The number of aliphatic hydroxyl groups is 1. The number of pyridine rings is 1. The molecule has 178 valence electrons. The molecule has 33 heavy (non-hydrogen) atoms. The summed E-state index contributed by atoms with van der Waals surface area (Å²) in [7, 11) is 0. The average molecular weight is 491 g/mol. The zero-order valence-electron chi connectivity index (χ0n) is 19.1. The first-order valence-electron chi connectivity index (χ1n) is 11.6. The standard InChI is InChI=1S/C23H31ClN6O2S/c1-13-22(33-17-5-8-26-20(18(17)24)28-15-3-4-15)29-16(11-31)21(27-13)30-9-6-23(7-10-30)12-32-14(2)19(23)25/h5,8,14-15,19,31H,3-4,6-7,9-12,25H2,1-2H3,(H,26,28). The number of aromatic nitrogens is 3. The maximum Gasteiger partial charge on any atom is 0.153 e. The van der Waals surface area contributed by atoms with Gasteiger partial charge in [0.15, 0.2) is 5.82 Å². The number of nitrogens with two attached hydrogens (primary N) is 1. The Labute approximate surface area is 203 Å². The van der Waals surface area contributed by atoms with Gasteiger partial charge < -0.3 is 25.8 Å². The van der Waals surface area contributed by atoms with Crippen molar-refractivity contribution in [3.63, 3.8) is 0 Å². The molecule has 10 heteroatoms. The number of aryl methyl sites for hydroxylation is 1. The Kier molecular flexibility index (Phi) is 6.43. The van der Waals surface area contributed by atoms with E-state index >= 15 is 0 Å². The van der Waals surface area contributed by atoms with Gasteiger partial charge in [-0.2, -0.15) is 0 Å². The van der Waals surface area contributed by atoms with Crippen molar-refractivity contribution < 1.29 is 9.84 Å². The Morgan fingerprint density at radius 3 is 2.73 bits per heavy atom. The second kappa shape index (κ2) is 9.19. The lowest BCUT2D eigenvalue weighted by atomic mass is 9.73. The molecule has 2 aliphatic heterocycles. The third kappa shape index (κ3) is 4.53. The van der Waals surface area contributed by atoms with Crippen molar-refractivity contribution in [2.45, 2.75) is 74.2 Å². The van der Waals surface area contributed by atoms with Gasteiger partial charge in [-0.25, -0.2) is 15.0 Å². The summed E-state index contributed by atoms with van der Waals surface area (Å²) >= 11 is 8.07. The topological polar surface area (TPSA) is 109 Å². The van der Waals surface area contributed by atoms with Crippen molar-refractivity contribution in [1.82, 2.24) is 15.0 Å². The predicted octanol–water partition coefficient (Wildman–Crippen LogP) is 3.38. The molecule has 0 aromatic carbocycles. The Hall–Kier alpha value is -1.65. The fourth-order valence-electron chi connectivity index (χ4n) is 4.75. The zero-order chi connectivity index (χ0) is 23.2. The van der Waals surface area contributed by atoms with Crippen molar-refractivity contribution in [3.8, 4) is 0 Å². The molecule has 2 atom stereocenters. The molecule has 1 spiro atoms. The van der Waals surface area contributed by atoms with Crippen molar-refractivity contribution in [1.29, 1.82) is 0 Å². The van der Waals surface area contributed by atoms with Crippen LogP contribution in [-0.4, -0.2) is 57.9 Å². The number of nitrogens with zero attached hydrogens (tertiary/aromatic N) is 4. The van der Waals surface area contributed by atoms with Crippen molar-refractivity contribution in [2.75, 3.05) is 29.9 Å². The Bertz CT molecular complexity index is 1030. The van der Waals surface area contributed by atoms with Gasteiger partial charge in [0.05, 0.1) is 30.0 Å². The minimum atomic E-state index is -0.171. The molecule has 0 radical (unpaired) electrons. The van der Waals surface area contributed by atoms with Gasteiger partial charge in [-0.3, -0.25) is 0 Å². The van der Waals surface area contributed by atoms with Crippen LogP contribution in [0.4, 0.5) is 11.6 Å². The first-order valence-corrected chi connectivity index (χ1v) is 12.8. The monoisotopic (exact) mass is 490 g/mol. The summed E-state index contributed by atoms with van der Waals surface area (Å²) in [5, 5.41) is 14.8. The van der Waals surface area contributed by atoms with Crippen LogP contribution in [0.25, 0.3) is 0 Å². The molecule has 2 unspecified atom stereocenters. The molecule has 4 N–H and O–H groups in total. The van der Waals surface area contributed by atoms with Crippen LogP contribution in [0.1, 0.15) is 44.0 Å². The maximum atomic E-state index is 10.1. The second-order valence-electron chi connectivity index (χ2n) is 9.43. The fraction of sp³-hybridized carbons (Fsp3) is 0.609. The number of hydrogen-bond donors (Lipinski definition) is 3. The van der Waals surface area contributed by atoms with Crippen molar-refractivity contribution in [2.24, 2.45) is 11.1 Å². The van der Waals surface area contributed by atoms with Gasteiger partial charge >= 0.3 is 0 Å². The maximum absolute atomic E-state index is 10.1. The molecule has 0 bridgehead atoms. The summed E-state index contributed by atoms with van der Waals surface area (Å²) in [6, 6.07) is 2.42. The molecule has 8 nitrogen and oxygen atoms in total. The smallest absolute Gasteiger partial charge is 0.153 e. The quantitative estimate of drug-likeness (QED) is 0.561. The average Bonchev–Trinajstić information content (AvgIpc) is 3.60. The number of hydrogen-bond acceptors (Lipinski definition) is 9. The second-order valence-corrected chi connectivity index (χ2v) is 10.8. The highest BCUT2D eigenvalue weighted by Gasteiger charge is 2.47. The number of nitrogens with one attached hydrogen (secondary N) is 1. The minimum Gasteiger partial charge on any atom is -0.390 e. The summed E-state index contributed by atoms with van der Waals surface area (Å²) < 4.78 is 5.84. The molecule has 2 saturated heterocycles. The molecule has 2 aromatic heterocycles. The van der Waals surface area contributed by atoms with E-state index in [4.69, 9.17) is 32.0 Å². The van der Waals surface area contributed by atoms with Crippen LogP contribution in [0.15, 0.2) is 22.2 Å². The Morgan fingerprint density at radius 2 is 2.09 bits per heavy atom. The van der Waals surface area contributed by atoms with Crippen molar-refractivity contribution in [3.05, 3.63) is 28.7 Å². The molecule has 4 heterocycles. The highest BCUT2D eigenvalue weighted by Crippen LogP contribution is 2.43. The highest BCUT2D eigenvalue weighted by atomic mass is 35.5. The van der Waals surface area contributed by atoms with E-state index in [0.717, 1.165) is 66.8 Å². The number of halogens is 1. The molecule has 1 aliphatic carbocycles. The molecule has 1 saturated carbocycles. The Morgan fingerprint density at radius 1 is 1.33 bits per heavy atom. The summed E-state index contributed by atoms with van der Waals surface area (Å²) in [5.74, 6) is 1.46. The SMILES string of the molecule is Cc1nc(N2CCC3(CC2)COC(C)C3N)c(CO)nc1Sc1ccnc(NC2CC2)c1Cl. The number of ether oxygens (including phenoxy) is 1. The third-order valence-corrected chi connectivity index (χ3v) is 8.75. The van der Waals surface area contributed by atoms with E-state index in [2.05, 4.69) is 22.1 Å². The van der Waals surface area contributed by atoms with E-state index in [1.807, 2.05) is 13.0 Å². The molecule has 3 fully saturated rings. The predicted molar refractivity (Wildman–Crippen MR) is 130 cm³/mol. The van der Waals surface area contributed by atoms with Crippen LogP contribution < -0.4 is 16.0 Å².